The van der Waals surface area contributed by atoms with Crippen molar-refractivity contribution in [2.45, 2.75) is 0 Å². The van der Waals surface area contributed by atoms with Gasteiger partial charge in [0.2, 0.25) is 0 Å². The fraction of sp³-hybridized carbons (Fsp3) is 0.0833. The van der Waals surface area contributed by atoms with Crippen LogP contribution in [0, 0.1) is 0 Å². The molecule has 0 fully saturated rings. The van der Waals surface area contributed by atoms with Crippen LogP contribution in [0.25, 0.3) is 11.1 Å². The maximum absolute atomic E-state index is 11.0. The molecule has 0 aliphatic heterocycles. The highest BCUT2D eigenvalue weighted by Crippen LogP contribution is 2.24. The molecular weight excluding hydrogens is 256 g/mol. The minimum absolute atomic E-state index is 0.0463. The number of halogens is 1. The van der Waals surface area contributed by atoms with Crippen LogP contribution < -0.4 is 4.74 Å². The Labute approximate surface area is 108 Å². The number of rotatable bonds is 3. The molecule has 0 unspecified atom stereocenters. The second-order valence-corrected chi connectivity index (χ2v) is 3.87. The number of hydrogen-bond donors (Lipinski definition) is 1. The molecule has 0 bridgehead atoms. The summed E-state index contributed by atoms with van der Waals surface area (Å²) in [6, 6.07) is 4.98. The Morgan fingerprint density at radius 1 is 1.28 bits per heavy atom. The van der Waals surface area contributed by atoms with E-state index in [9.17, 15) is 4.79 Å². The normalized spacial score (nSPS) is 10.1. The summed E-state index contributed by atoms with van der Waals surface area (Å²) in [6.07, 6.45) is 3.11. The van der Waals surface area contributed by atoms with Crippen molar-refractivity contribution in [2.24, 2.45) is 0 Å². The van der Waals surface area contributed by atoms with E-state index in [0.29, 0.717) is 11.1 Å². The van der Waals surface area contributed by atoms with E-state index in [0.717, 1.165) is 0 Å². The summed E-state index contributed by atoms with van der Waals surface area (Å²) in [5.41, 5.74) is 1.42. The maximum Gasteiger partial charge on any atom is 0.337 e. The average Bonchev–Trinajstić information content (AvgIpc) is 2.39. The van der Waals surface area contributed by atoms with E-state index < -0.39 is 5.97 Å². The van der Waals surface area contributed by atoms with Gasteiger partial charge in [-0.15, -0.1) is 0 Å². The van der Waals surface area contributed by atoms with E-state index in [1.165, 1.54) is 19.2 Å². The van der Waals surface area contributed by atoms with Crippen LogP contribution in [0.2, 0.25) is 5.02 Å². The molecule has 0 aliphatic carbocycles. The Kier molecular flexibility index (Phi) is 3.43. The summed E-state index contributed by atoms with van der Waals surface area (Å²) in [7, 11) is 1.47. The highest BCUT2D eigenvalue weighted by Gasteiger charge is 2.10. The van der Waals surface area contributed by atoms with Gasteiger partial charge in [0.1, 0.15) is 0 Å². The predicted octanol–water partition coefficient (Wildman–Crippen LogP) is 2.50. The zero-order chi connectivity index (χ0) is 13.1. The van der Waals surface area contributed by atoms with Gasteiger partial charge in [0, 0.05) is 18.0 Å². The molecule has 5 nitrogen and oxygen atoms in total. The molecule has 1 heterocycles. The van der Waals surface area contributed by atoms with Crippen LogP contribution in [0.15, 0.2) is 30.6 Å². The molecule has 0 saturated heterocycles. The molecule has 1 aromatic heterocycles. The van der Waals surface area contributed by atoms with Gasteiger partial charge in [0.05, 0.1) is 17.7 Å². The zero-order valence-electron chi connectivity index (χ0n) is 9.42. The van der Waals surface area contributed by atoms with Gasteiger partial charge < -0.3 is 9.84 Å². The van der Waals surface area contributed by atoms with Gasteiger partial charge in [0.25, 0.3) is 0 Å². The van der Waals surface area contributed by atoms with Crippen LogP contribution >= 0.6 is 11.6 Å². The van der Waals surface area contributed by atoms with Crippen molar-refractivity contribution in [1.82, 2.24) is 9.97 Å². The highest BCUT2D eigenvalue weighted by atomic mass is 35.5. The van der Waals surface area contributed by atoms with Crippen LogP contribution in [0.5, 0.6) is 6.01 Å². The van der Waals surface area contributed by atoms with E-state index in [2.05, 4.69) is 9.97 Å². The molecular formula is C12H9ClN2O3. The molecule has 92 valence electrons. The van der Waals surface area contributed by atoms with Crippen molar-refractivity contribution in [3.63, 3.8) is 0 Å². The van der Waals surface area contributed by atoms with Gasteiger partial charge in [-0.05, 0) is 17.7 Å². The zero-order valence-corrected chi connectivity index (χ0v) is 10.2. The molecule has 6 heteroatoms. The Morgan fingerprint density at radius 3 is 2.50 bits per heavy atom. The fourth-order valence-electron chi connectivity index (χ4n) is 1.44. The molecule has 0 radical (unpaired) electrons. The molecule has 2 rings (SSSR count). The van der Waals surface area contributed by atoms with E-state index >= 15 is 0 Å². The summed E-state index contributed by atoms with van der Waals surface area (Å²) in [4.78, 5) is 18.9. The molecule has 0 aliphatic rings. The lowest BCUT2D eigenvalue weighted by Gasteiger charge is -2.04. The van der Waals surface area contributed by atoms with Gasteiger partial charge in [0.15, 0.2) is 0 Å². The number of aromatic carboxylic acids is 1. The molecule has 0 saturated carbocycles. The molecule has 1 N–H and O–H groups in total. The lowest BCUT2D eigenvalue weighted by Crippen LogP contribution is -1.98. The fourth-order valence-corrected chi connectivity index (χ4v) is 1.64. The number of nitrogens with zero attached hydrogens (tertiary/aromatic N) is 2. The summed E-state index contributed by atoms with van der Waals surface area (Å²) in [5, 5.41) is 9.18. The third kappa shape index (κ3) is 2.41. The number of hydrogen-bond acceptors (Lipinski definition) is 4. The maximum atomic E-state index is 11.0. The number of aromatic nitrogens is 2. The van der Waals surface area contributed by atoms with Gasteiger partial charge >= 0.3 is 12.0 Å². The second kappa shape index (κ2) is 5.01. The van der Waals surface area contributed by atoms with E-state index in [4.69, 9.17) is 21.4 Å². The van der Waals surface area contributed by atoms with Crippen LogP contribution in [0.1, 0.15) is 10.4 Å². The van der Waals surface area contributed by atoms with E-state index in [1.54, 1.807) is 18.5 Å². The van der Waals surface area contributed by atoms with Crippen molar-refractivity contribution in [3.05, 3.63) is 41.2 Å². The van der Waals surface area contributed by atoms with Gasteiger partial charge in [-0.1, -0.05) is 17.7 Å². The first-order valence-corrected chi connectivity index (χ1v) is 5.39. The number of ether oxygens (including phenoxy) is 1. The topological polar surface area (TPSA) is 72.3 Å². The van der Waals surface area contributed by atoms with Crippen LogP contribution in [-0.2, 0) is 0 Å². The van der Waals surface area contributed by atoms with Crippen molar-refractivity contribution < 1.29 is 14.6 Å². The molecule has 2 aromatic rings. The van der Waals surface area contributed by atoms with Gasteiger partial charge in [-0.3, -0.25) is 0 Å². The van der Waals surface area contributed by atoms with Crippen molar-refractivity contribution in [1.29, 1.82) is 0 Å². The Bertz CT molecular complexity index is 584. The van der Waals surface area contributed by atoms with Crippen LogP contribution in [-0.4, -0.2) is 28.2 Å². The first-order valence-electron chi connectivity index (χ1n) is 5.01. The third-order valence-electron chi connectivity index (χ3n) is 2.34. The highest BCUT2D eigenvalue weighted by molar-refractivity contribution is 6.33. The Morgan fingerprint density at radius 2 is 1.94 bits per heavy atom. The van der Waals surface area contributed by atoms with Gasteiger partial charge in [-0.25, -0.2) is 14.8 Å². The number of carboxylic acid groups (broad SMARTS) is 1. The Hall–Kier alpha value is -2.14. The summed E-state index contributed by atoms with van der Waals surface area (Å²) in [5.74, 6) is -1.07. The second-order valence-electron chi connectivity index (χ2n) is 3.46. The average molecular weight is 265 g/mol. The van der Waals surface area contributed by atoms with Crippen molar-refractivity contribution in [2.75, 3.05) is 7.11 Å². The molecule has 18 heavy (non-hydrogen) atoms. The molecule has 0 spiro atoms. The van der Waals surface area contributed by atoms with Gasteiger partial charge in [-0.2, -0.15) is 0 Å². The minimum Gasteiger partial charge on any atom is -0.478 e. The largest absolute Gasteiger partial charge is 0.478 e. The number of benzene rings is 1. The predicted molar refractivity (Wildman–Crippen MR) is 66.0 cm³/mol. The number of carboxylic acids is 1. The molecule has 1 aromatic carbocycles. The Balaban J connectivity index is 2.44. The van der Waals surface area contributed by atoms with Crippen LogP contribution in [0.4, 0.5) is 0 Å². The first-order chi connectivity index (χ1) is 8.61. The minimum atomic E-state index is -1.07. The monoisotopic (exact) mass is 264 g/mol. The summed E-state index contributed by atoms with van der Waals surface area (Å²) < 4.78 is 4.85. The van der Waals surface area contributed by atoms with Crippen molar-refractivity contribution in [3.8, 4) is 17.1 Å². The SMILES string of the molecule is COc1ncc(-c2ccc(Cl)c(C(=O)O)c2)cn1. The number of carbonyl (C=O) groups is 1. The van der Waals surface area contributed by atoms with E-state index in [-0.39, 0.29) is 16.6 Å². The first kappa shape index (κ1) is 12.3. The quantitative estimate of drug-likeness (QED) is 0.922. The molecule has 0 atom stereocenters. The molecule has 0 amide bonds. The van der Waals surface area contributed by atoms with E-state index in [1.807, 2.05) is 0 Å². The smallest absolute Gasteiger partial charge is 0.337 e. The van der Waals surface area contributed by atoms with Crippen molar-refractivity contribution >= 4 is 17.6 Å². The van der Waals surface area contributed by atoms with Crippen LogP contribution in [0.3, 0.4) is 0 Å². The third-order valence-corrected chi connectivity index (χ3v) is 2.67. The summed E-state index contributed by atoms with van der Waals surface area (Å²) in [6.45, 7) is 0. The number of methoxy groups -OCH3 is 1. The standard InChI is InChI=1S/C12H9ClN2O3/c1-18-12-14-5-8(6-15-12)7-2-3-10(13)9(4-7)11(16)17/h2-6H,1H3,(H,16,17). The lowest BCUT2D eigenvalue weighted by molar-refractivity contribution is 0.0697. The lowest BCUT2D eigenvalue weighted by atomic mass is 10.1. The summed E-state index contributed by atoms with van der Waals surface area (Å²) >= 11 is 5.79.